The number of hydrogen-bond donors (Lipinski definition) is 1. The molecule has 1 saturated carbocycles. The van der Waals surface area contributed by atoms with Crippen molar-refractivity contribution >= 4 is 0 Å². The van der Waals surface area contributed by atoms with Crippen LogP contribution in [0.2, 0.25) is 0 Å². The van der Waals surface area contributed by atoms with Gasteiger partial charge < -0.3 is 5.32 Å². The maximum atomic E-state index is 3.53. The molecule has 2 rings (SSSR count). The highest BCUT2D eigenvalue weighted by Gasteiger charge is 2.40. The van der Waals surface area contributed by atoms with Gasteiger partial charge in [-0.05, 0) is 30.7 Å². The van der Waals surface area contributed by atoms with Gasteiger partial charge in [0, 0.05) is 6.04 Å². The van der Waals surface area contributed by atoms with Crippen LogP contribution in [0.4, 0.5) is 0 Å². The largest absolute Gasteiger partial charge is 0.313 e. The Morgan fingerprint density at radius 2 is 1.90 bits per heavy atom. The molecule has 4 unspecified atom stereocenters. The van der Waals surface area contributed by atoms with Gasteiger partial charge in [-0.1, -0.05) is 20.3 Å². The van der Waals surface area contributed by atoms with Gasteiger partial charge in [0.2, 0.25) is 0 Å². The molecule has 0 radical (unpaired) electrons. The molecule has 2 aliphatic rings. The van der Waals surface area contributed by atoms with Crippen LogP contribution >= 0.6 is 0 Å². The molecule has 0 bridgehead atoms. The topological polar surface area (TPSA) is 12.0 Å². The molecule has 1 heteroatoms. The molecule has 1 nitrogen and oxygen atoms in total. The Morgan fingerprint density at radius 1 is 1.10 bits per heavy atom. The first kappa shape index (κ1) is 6.66. The lowest BCUT2D eigenvalue weighted by Crippen LogP contribution is -2.58. The summed E-state index contributed by atoms with van der Waals surface area (Å²) in [6.07, 6.45) is 2.94. The van der Waals surface area contributed by atoms with E-state index in [1.165, 1.54) is 19.4 Å². The molecule has 1 aliphatic carbocycles. The van der Waals surface area contributed by atoms with Gasteiger partial charge in [-0.3, -0.25) is 0 Å². The summed E-state index contributed by atoms with van der Waals surface area (Å²) >= 11 is 0. The third-order valence-corrected chi connectivity index (χ3v) is 3.44. The predicted octanol–water partition coefficient (Wildman–Crippen LogP) is 1.64. The van der Waals surface area contributed by atoms with E-state index in [9.17, 15) is 0 Å². The highest BCUT2D eigenvalue weighted by Crippen LogP contribution is 2.40. The molecule has 1 heterocycles. The Hall–Kier alpha value is -0.0400. The standard InChI is InChI=1S/C9H17N/c1-6-3-4-8(6)9-7(2)5-10-9/h6-10H,3-5H2,1-2H3. The quantitative estimate of drug-likeness (QED) is 0.582. The van der Waals surface area contributed by atoms with Crippen molar-refractivity contribution in [2.45, 2.75) is 32.7 Å². The zero-order valence-corrected chi connectivity index (χ0v) is 6.93. The molecule has 2 fully saturated rings. The second kappa shape index (κ2) is 2.23. The van der Waals surface area contributed by atoms with Crippen molar-refractivity contribution in [1.82, 2.24) is 5.32 Å². The molecule has 1 aliphatic heterocycles. The van der Waals surface area contributed by atoms with Crippen LogP contribution in [0.5, 0.6) is 0 Å². The lowest BCUT2D eigenvalue weighted by Gasteiger charge is -2.48. The molecular formula is C9H17N. The summed E-state index contributed by atoms with van der Waals surface area (Å²) in [5.41, 5.74) is 0. The fourth-order valence-corrected chi connectivity index (χ4v) is 2.29. The van der Waals surface area contributed by atoms with Gasteiger partial charge in [0.25, 0.3) is 0 Å². The molecule has 4 atom stereocenters. The van der Waals surface area contributed by atoms with Gasteiger partial charge in [-0.15, -0.1) is 0 Å². The molecule has 0 spiro atoms. The maximum absolute atomic E-state index is 3.53. The van der Waals surface area contributed by atoms with Crippen molar-refractivity contribution in [3.8, 4) is 0 Å². The summed E-state index contributed by atoms with van der Waals surface area (Å²) in [6.45, 7) is 6.01. The van der Waals surface area contributed by atoms with E-state index >= 15 is 0 Å². The molecule has 0 aromatic rings. The fourth-order valence-electron chi connectivity index (χ4n) is 2.29. The SMILES string of the molecule is CC1CCC1C1NCC1C. The smallest absolute Gasteiger partial charge is 0.0136 e. The average molecular weight is 139 g/mol. The van der Waals surface area contributed by atoms with E-state index < -0.39 is 0 Å². The first-order chi connectivity index (χ1) is 4.79. The monoisotopic (exact) mass is 139 g/mol. The Balaban J connectivity index is 1.87. The van der Waals surface area contributed by atoms with Gasteiger partial charge in [-0.2, -0.15) is 0 Å². The van der Waals surface area contributed by atoms with Crippen molar-refractivity contribution in [2.24, 2.45) is 17.8 Å². The normalized spacial score (nSPS) is 53.4. The summed E-state index contributed by atoms with van der Waals surface area (Å²) in [6, 6.07) is 0.878. The van der Waals surface area contributed by atoms with Crippen molar-refractivity contribution in [3.05, 3.63) is 0 Å². The highest BCUT2D eigenvalue weighted by atomic mass is 15.0. The Bertz CT molecular complexity index is 117. The van der Waals surface area contributed by atoms with E-state index in [1.54, 1.807) is 0 Å². The zero-order chi connectivity index (χ0) is 7.14. The third kappa shape index (κ3) is 0.800. The van der Waals surface area contributed by atoms with E-state index in [2.05, 4.69) is 19.2 Å². The van der Waals surface area contributed by atoms with Crippen molar-refractivity contribution in [3.63, 3.8) is 0 Å². The minimum absolute atomic E-state index is 0.878. The van der Waals surface area contributed by atoms with Crippen molar-refractivity contribution in [2.75, 3.05) is 6.54 Å². The highest BCUT2D eigenvalue weighted by molar-refractivity contribution is 4.96. The summed E-state index contributed by atoms with van der Waals surface area (Å²) in [5, 5.41) is 3.53. The summed E-state index contributed by atoms with van der Waals surface area (Å²) < 4.78 is 0. The van der Waals surface area contributed by atoms with Gasteiger partial charge in [0.15, 0.2) is 0 Å². The molecule has 10 heavy (non-hydrogen) atoms. The molecule has 1 N–H and O–H groups in total. The van der Waals surface area contributed by atoms with Crippen LogP contribution in [0.3, 0.4) is 0 Å². The van der Waals surface area contributed by atoms with Crippen LogP contribution in [0.25, 0.3) is 0 Å². The minimum Gasteiger partial charge on any atom is -0.313 e. The van der Waals surface area contributed by atoms with Crippen LogP contribution in [0, 0.1) is 17.8 Å². The molecule has 58 valence electrons. The summed E-state index contributed by atoms with van der Waals surface area (Å²) in [7, 11) is 0. The molecule has 0 aromatic heterocycles. The van der Waals surface area contributed by atoms with Gasteiger partial charge in [0.05, 0.1) is 0 Å². The lowest BCUT2D eigenvalue weighted by atomic mass is 9.65. The Labute approximate surface area is 63.2 Å². The van der Waals surface area contributed by atoms with Crippen LogP contribution in [0.1, 0.15) is 26.7 Å². The Morgan fingerprint density at radius 3 is 2.00 bits per heavy atom. The number of rotatable bonds is 1. The van der Waals surface area contributed by atoms with Gasteiger partial charge >= 0.3 is 0 Å². The minimum atomic E-state index is 0.878. The molecule has 0 aromatic carbocycles. The molecule has 0 amide bonds. The van der Waals surface area contributed by atoms with Gasteiger partial charge in [-0.25, -0.2) is 0 Å². The van der Waals surface area contributed by atoms with Crippen LogP contribution < -0.4 is 5.32 Å². The molecular weight excluding hydrogens is 122 g/mol. The Kier molecular flexibility index (Phi) is 1.48. The summed E-state index contributed by atoms with van der Waals surface area (Å²) in [4.78, 5) is 0. The second-order valence-corrected chi connectivity index (χ2v) is 4.13. The van der Waals surface area contributed by atoms with Crippen LogP contribution in [0.15, 0.2) is 0 Å². The maximum Gasteiger partial charge on any atom is 0.0136 e. The number of hydrogen-bond acceptors (Lipinski definition) is 1. The van der Waals surface area contributed by atoms with Crippen LogP contribution in [-0.2, 0) is 0 Å². The zero-order valence-electron chi connectivity index (χ0n) is 6.93. The lowest BCUT2D eigenvalue weighted by molar-refractivity contribution is 0.0639. The van der Waals surface area contributed by atoms with E-state index in [4.69, 9.17) is 0 Å². The predicted molar refractivity (Wildman–Crippen MR) is 42.8 cm³/mol. The second-order valence-electron chi connectivity index (χ2n) is 4.13. The first-order valence-corrected chi connectivity index (χ1v) is 4.52. The van der Waals surface area contributed by atoms with E-state index in [0.29, 0.717) is 0 Å². The third-order valence-electron chi connectivity index (χ3n) is 3.44. The van der Waals surface area contributed by atoms with Crippen LogP contribution in [-0.4, -0.2) is 12.6 Å². The fraction of sp³-hybridized carbons (Fsp3) is 1.00. The summed E-state index contributed by atoms with van der Waals surface area (Å²) in [5.74, 6) is 2.97. The van der Waals surface area contributed by atoms with Crippen molar-refractivity contribution < 1.29 is 0 Å². The van der Waals surface area contributed by atoms with Gasteiger partial charge in [0.1, 0.15) is 0 Å². The first-order valence-electron chi connectivity index (χ1n) is 4.52. The van der Waals surface area contributed by atoms with E-state index in [1.807, 2.05) is 0 Å². The van der Waals surface area contributed by atoms with E-state index in [-0.39, 0.29) is 0 Å². The molecule has 1 saturated heterocycles. The van der Waals surface area contributed by atoms with Crippen molar-refractivity contribution in [1.29, 1.82) is 0 Å². The average Bonchev–Trinajstić information content (AvgIpc) is 1.93. The van der Waals surface area contributed by atoms with E-state index in [0.717, 1.165) is 23.8 Å². The number of nitrogens with one attached hydrogen (secondary N) is 1.